The second kappa shape index (κ2) is 7.01. The van der Waals surface area contributed by atoms with E-state index < -0.39 is 62.0 Å². The molecule has 0 aromatic heterocycles. The van der Waals surface area contributed by atoms with Crippen molar-refractivity contribution < 1.29 is 79.0 Å². The van der Waals surface area contributed by atoms with Crippen molar-refractivity contribution in [2.75, 3.05) is 0 Å². The summed E-state index contributed by atoms with van der Waals surface area (Å²) in [5.74, 6) is -66.8. The maximum Gasteiger partial charge on any atom is 0.382 e. The number of halogens is 22. The number of alkyl halides is 22. The third kappa shape index (κ3) is 2.92. The molecule has 0 aromatic carbocycles. The Balaban J connectivity index is 0.000000981. The summed E-state index contributed by atoms with van der Waals surface area (Å²) in [6.07, 6.45) is 0. The lowest BCUT2D eigenvalue weighted by Crippen LogP contribution is -2.98. The van der Waals surface area contributed by atoms with Gasteiger partial charge in [-0.1, -0.05) is 46.4 Å². The van der Waals surface area contributed by atoms with Gasteiger partial charge in [0.15, 0.2) is 0 Å². The molecule has 2 fully saturated rings. The molecule has 0 heterocycles. The van der Waals surface area contributed by atoms with Gasteiger partial charge in [0.2, 0.25) is 0 Å². The normalized spacial score (nSPS) is 38.4. The zero-order valence-electron chi connectivity index (χ0n) is 13.8. The third-order valence-corrected chi connectivity index (χ3v) is 4.57. The van der Waals surface area contributed by atoms with Gasteiger partial charge in [-0.2, -0.15) is 70.2 Å². The average Bonchev–Trinajstić information content (AvgIpc) is 2.55. The van der Waals surface area contributed by atoms with Gasteiger partial charge in [-0.25, -0.2) is 8.78 Å². The first-order chi connectivity index (χ1) is 13.8. The van der Waals surface area contributed by atoms with Crippen LogP contribution in [0, 0.1) is 0 Å². The van der Waals surface area contributed by atoms with Crippen LogP contribution in [-0.2, 0) is 0 Å². The van der Waals surface area contributed by atoms with Crippen LogP contribution in [0.15, 0.2) is 0 Å². The maximum absolute atomic E-state index is 14.2. The van der Waals surface area contributed by atoms with Gasteiger partial charge in [0.05, 0.1) is 0 Å². The van der Waals surface area contributed by atoms with Gasteiger partial charge in [-0.3, -0.25) is 0 Å². The highest BCUT2D eigenvalue weighted by Crippen LogP contribution is 2.81. The van der Waals surface area contributed by atoms with Gasteiger partial charge in [-0.15, -0.1) is 0 Å². The topological polar surface area (TPSA) is 0 Å². The fourth-order valence-electron chi connectivity index (χ4n) is 2.91. The minimum Gasteiger partial charge on any atom is -0.226 e. The number of fused-ring (bicyclic) bond motifs is 1. The zero-order valence-corrected chi connectivity index (χ0v) is 16.8. The van der Waals surface area contributed by atoms with Crippen molar-refractivity contribution in [2.45, 2.75) is 62.0 Å². The molecule has 0 atom stereocenters. The van der Waals surface area contributed by atoms with Crippen LogP contribution in [0.5, 0.6) is 0 Å². The lowest BCUT2D eigenvalue weighted by atomic mass is 9.54. The van der Waals surface area contributed by atoms with Gasteiger partial charge in [0.25, 0.3) is 14.6 Å². The van der Waals surface area contributed by atoms with Crippen LogP contribution in [0.25, 0.3) is 0 Å². The van der Waals surface area contributed by atoms with Crippen LogP contribution >= 0.6 is 46.4 Å². The van der Waals surface area contributed by atoms with E-state index in [1.165, 1.54) is 0 Å². The SMILES string of the molecule is ClC(Cl)(Cl)Cl.FC1(F)C(F)(F)C(F)(F)C2(F)C(F)(F)C(F)(F)C(F)(F)C(F)(F)C2(F)C1(F)F. The van der Waals surface area contributed by atoms with E-state index in [-0.39, 0.29) is 0 Å². The zero-order chi connectivity index (χ0) is 27.5. The highest BCUT2D eigenvalue weighted by molar-refractivity contribution is 6.83. The van der Waals surface area contributed by atoms with Gasteiger partial charge >= 0.3 is 47.4 Å². The summed E-state index contributed by atoms with van der Waals surface area (Å²) >= 11 is 19.3. The van der Waals surface area contributed by atoms with Gasteiger partial charge in [0, 0.05) is 0 Å². The Hall–Kier alpha value is -0.100. The second-order valence-electron chi connectivity index (χ2n) is 6.34. The largest absolute Gasteiger partial charge is 0.382 e. The van der Waals surface area contributed by atoms with Gasteiger partial charge in [0.1, 0.15) is 0 Å². The monoisotopic (exact) mass is 614 g/mol. The van der Waals surface area contributed by atoms with E-state index in [1.54, 1.807) is 0 Å². The van der Waals surface area contributed by atoms with Crippen molar-refractivity contribution in [2.24, 2.45) is 0 Å². The van der Waals surface area contributed by atoms with Crippen LogP contribution in [0.4, 0.5) is 79.0 Å². The molecule has 0 amide bonds. The molecule has 0 spiro atoms. The molecule has 33 heavy (non-hydrogen) atoms. The number of hydrogen-bond donors (Lipinski definition) is 0. The van der Waals surface area contributed by atoms with E-state index in [2.05, 4.69) is 0 Å². The molecule has 22 heteroatoms. The summed E-state index contributed by atoms with van der Waals surface area (Å²) in [4.78, 5) is 0. The number of hydrogen-bond acceptors (Lipinski definition) is 0. The summed E-state index contributed by atoms with van der Waals surface area (Å²) < 4.78 is 239. The molecule has 0 nitrogen and oxygen atoms in total. The van der Waals surface area contributed by atoms with E-state index >= 15 is 0 Å². The van der Waals surface area contributed by atoms with E-state index in [1.807, 2.05) is 0 Å². The maximum atomic E-state index is 14.2. The molecule has 0 unspecified atom stereocenters. The highest BCUT2D eigenvalue weighted by atomic mass is 35.6. The van der Waals surface area contributed by atoms with Crippen molar-refractivity contribution in [3.63, 3.8) is 0 Å². The van der Waals surface area contributed by atoms with Crippen LogP contribution in [0.2, 0.25) is 0 Å². The van der Waals surface area contributed by atoms with Crippen LogP contribution < -0.4 is 0 Å². The molecule has 2 aliphatic rings. The van der Waals surface area contributed by atoms with Crippen molar-refractivity contribution >= 4 is 46.4 Å². The summed E-state index contributed by atoms with van der Waals surface area (Å²) in [5.41, 5.74) is -17.3. The predicted octanol–water partition coefficient (Wildman–Crippen LogP) is 8.07. The van der Waals surface area contributed by atoms with Crippen LogP contribution in [0.1, 0.15) is 0 Å². The first-order valence-corrected chi connectivity index (χ1v) is 8.42. The van der Waals surface area contributed by atoms with E-state index in [9.17, 15) is 79.0 Å². The molecule has 0 radical (unpaired) electrons. The van der Waals surface area contributed by atoms with E-state index in [0.717, 1.165) is 0 Å². The minimum absolute atomic E-state index is 1.61. The van der Waals surface area contributed by atoms with Gasteiger partial charge in [-0.05, 0) is 0 Å². The summed E-state index contributed by atoms with van der Waals surface area (Å²) in [6.45, 7) is 0. The Morgan fingerprint density at radius 1 is 0.273 bits per heavy atom. The summed E-state index contributed by atoms with van der Waals surface area (Å²) in [6, 6.07) is 0. The van der Waals surface area contributed by atoms with Crippen molar-refractivity contribution in [1.82, 2.24) is 0 Å². The Morgan fingerprint density at radius 2 is 0.364 bits per heavy atom. The predicted molar refractivity (Wildman–Crippen MR) is 73.4 cm³/mol. The Kier molecular flexibility index (Phi) is 6.57. The van der Waals surface area contributed by atoms with Gasteiger partial charge < -0.3 is 0 Å². The molecule has 0 saturated heterocycles. The quantitative estimate of drug-likeness (QED) is 0.191. The van der Waals surface area contributed by atoms with Crippen LogP contribution in [0.3, 0.4) is 0 Å². The minimum atomic E-state index is -8.64. The molecule has 2 rings (SSSR count). The van der Waals surface area contributed by atoms with Crippen molar-refractivity contribution in [3.8, 4) is 0 Å². The molecule has 0 bridgehead atoms. The molecule has 0 N–H and O–H groups in total. The molecule has 198 valence electrons. The fraction of sp³-hybridized carbons (Fsp3) is 1.00. The third-order valence-electron chi connectivity index (χ3n) is 4.57. The molecule has 0 aliphatic heterocycles. The molecule has 0 aromatic rings. The van der Waals surface area contributed by atoms with Crippen molar-refractivity contribution in [1.29, 1.82) is 0 Å². The first kappa shape index (κ1) is 30.9. The Bertz CT molecular complexity index is 680. The Labute approximate surface area is 188 Å². The van der Waals surface area contributed by atoms with Crippen molar-refractivity contribution in [3.05, 3.63) is 0 Å². The van der Waals surface area contributed by atoms with E-state index in [0.29, 0.717) is 0 Å². The smallest absolute Gasteiger partial charge is 0.226 e. The van der Waals surface area contributed by atoms with Crippen LogP contribution in [-0.4, -0.2) is 62.0 Å². The Morgan fingerprint density at radius 3 is 0.455 bits per heavy atom. The summed E-state index contributed by atoms with van der Waals surface area (Å²) in [7, 11) is 0. The molecular formula is C11Cl4F18. The first-order valence-electron chi connectivity index (χ1n) is 6.91. The number of rotatable bonds is 0. The lowest BCUT2D eigenvalue weighted by Gasteiger charge is -2.63. The standard InChI is InChI=1S/C10F18.CCl4/c11-1-2(12,5(17,18)9(25,26)7(21,22)3(1,13)14)6(19,20)10(27,28)8(23,24)4(1,15)16;2-1(3,4)5. The molecule has 2 aliphatic carbocycles. The van der Waals surface area contributed by atoms with E-state index in [4.69, 9.17) is 46.4 Å². The molecular weight excluding hydrogens is 616 g/mol. The summed E-state index contributed by atoms with van der Waals surface area (Å²) in [5, 5.41) is 0. The fourth-order valence-corrected chi connectivity index (χ4v) is 2.91. The average molecular weight is 616 g/mol. The molecule has 2 saturated carbocycles. The lowest BCUT2D eigenvalue weighted by molar-refractivity contribution is -0.560. The highest BCUT2D eigenvalue weighted by Gasteiger charge is 3.15. The second-order valence-corrected chi connectivity index (χ2v) is 9.77.